The van der Waals surface area contributed by atoms with E-state index in [2.05, 4.69) is 10.3 Å². The zero-order valence-electron chi connectivity index (χ0n) is 12.2. The van der Waals surface area contributed by atoms with Crippen LogP contribution in [0.5, 0.6) is 0 Å². The Morgan fingerprint density at radius 2 is 1.96 bits per heavy atom. The van der Waals surface area contributed by atoms with Gasteiger partial charge in [0.2, 0.25) is 0 Å². The van der Waals surface area contributed by atoms with Crippen molar-refractivity contribution < 1.29 is 19.1 Å². The molecule has 0 unspecified atom stereocenters. The van der Waals surface area contributed by atoms with E-state index < -0.39 is 23.2 Å². The maximum absolute atomic E-state index is 13.8. The van der Waals surface area contributed by atoms with Gasteiger partial charge in [-0.05, 0) is 25.0 Å². The van der Waals surface area contributed by atoms with Gasteiger partial charge in [-0.1, -0.05) is 25.0 Å². The van der Waals surface area contributed by atoms with Gasteiger partial charge in [-0.3, -0.25) is 4.79 Å². The summed E-state index contributed by atoms with van der Waals surface area (Å²) < 4.78 is 13.8. The molecule has 120 valence electrons. The van der Waals surface area contributed by atoms with Crippen LogP contribution in [-0.2, 0) is 4.79 Å². The standard InChI is InChI=1S/C16H15FN2O3S/c17-11-6-2-1-5-10(11)14-18-9-12(23-14)13(20)19-16(15(21)22)7-3-4-8-16/h1-2,5-6,9H,3-4,7-8H2,(H,19,20)(H,21,22). The van der Waals surface area contributed by atoms with E-state index >= 15 is 0 Å². The number of amides is 1. The van der Waals surface area contributed by atoms with Gasteiger partial charge in [-0.25, -0.2) is 14.2 Å². The number of rotatable bonds is 4. The number of benzene rings is 1. The van der Waals surface area contributed by atoms with Gasteiger partial charge in [0.1, 0.15) is 21.2 Å². The fourth-order valence-electron chi connectivity index (χ4n) is 2.79. The van der Waals surface area contributed by atoms with Crippen LogP contribution in [0.2, 0.25) is 0 Å². The van der Waals surface area contributed by atoms with E-state index in [4.69, 9.17) is 0 Å². The van der Waals surface area contributed by atoms with Crippen molar-refractivity contribution in [3.05, 3.63) is 41.2 Å². The number of carbonyl (C=O) groups excluding carboxylic acids is 1. The molecule has 3 rings (SSSR count). The molecule has 23 heavy (non-hydrogen) atoms. The predicted molar refractivity (Wildman–Crippen MR) is 83.8 cm³/mol. The number of carboxylic acids is 1. The lowest BCUT2D eigenvalue weighted by atomic mass is 9.98. The highest BCUT2D eigenvalue weighted by Crippen LogP contribution is 2.32. The Hall–Kier alpha value is -2.28. The van der Waals surface area contributed by atoms with E-state index in [-0.39, 0.29) is 4.88 Å². The highest BCUT2D eigenvalue weighted by molar-refractivity contribution is 7.16. The molecule has 1 aromatic carbocycles. The second kappa shape index (κ2) is 6.08. The Kier molecular flexibility index (Phi) is 4.12. The summed E-state index contributed by atoms with van der Waals surface area (Å²) in [5.74, 6) is -1.90. The zero-order chi connectivity index (χ0) is 16.4. The molecule has 1 amide bonds. The molecule has 0 spiro atoms. The van der Waals surface area contributed by atoms with Gasteiger partial charge < -0.3 is 10.4 Å². The van der Waals surface area contributed by atoms with Crippen molar-refractivity contribution in [2.75, 3.05) is 0 Å². The largest absolute Gasteiger partial charge is 0.480 e. The third-order valence-corrected chi connectivity index (χ3v) is 5.08. The van der Waals surface area contributed by atoms with Gasteiger partial charge in [0.05, 0.1) is 6.20 Å². The molecule has 0 atom stereocenters. The molecule has 1 saturated carbocycles. The fraction of sp³-hybridized carbons (Fsp3) is 0.312. The molecule has 7 heteroatoms. The van der Waals surface area contributed by atoms with E-state index in [1.807, 2.05) is 0 Å². The fourth-order valence-corrected chi connectivity index (χ4v) is 3.63. The molecule has 0 saturated heterocycles. The number of hydrogen-bond donors (Lipinski definition) is 2. The van der Waals surface area contributed by atoms with Crippen molar-refractivity contribution in [2.24, 2.45) is 0 Å². The average molecular weight is 334 g/mol. The van der Waals surface area contributed by atoms with Crippen molar-refractivity contribution in [2.45, 2.75) is 31.2 Å². The van der Waals surface area contributed by atoms with Crippen LogP contribution in [0.4, 0.5) is 4.39 Å². The summed E-state index contributed by atoms with van der Waals surface area (Å²) in [5, 5.41) is 12.4. The summed E-state index contributed by atoms with van der Waals surface area (Å²) in [4.78, 5) is 28.2. The van der Waals surface area contributed by atoms with Crippen molar-refractivity contribution in [3.63, 3.8) is 0 Å². The van der Waals surface area contributed by atoms with Crippen LogP contribution in [0.1, 0.15) is 35.4 Å². The number of hydrogen-bond acceptors (Lipinski definition) is 4. The van der Waals surface area contributed by atoms with Crippen LogP contribution >= 0.6 is 11.3 Å². The quantitative estimate of drug-likeness (QED) is 0.900. The van der Waals surface area contributed by atoms with E-state index in [0.29, 0.717) is 23.4 Å². The summed E-state index contributed by atoms with van der Waals surface area (Å²) in [5.41, 5.74) is -0.871. The first-order valence-electron chi connectivity index (χ1n) is 7.28. The Bertz CT molecular complexity index is 753. The Morgan fingerprint density at radius 1 is 1.26 bits per heavy atom. The molecule has 1 heterocycles. The van der Waals surface area contributed by atoms with E-state index in [1.165, 1.54) is 12.3 Å². The van der Waals surface area contributed by atoms with Crippen LogP contribution < -0.4 is 5.32 Å². The molecular formula is C16H15FN2O3S. The van der Waals surface area contributed by atoms with Gasteiger partial charge in [0, 0.05) is 5.56 Å². The molecule has 1 aliphatic carbocycles. The first kappa shape index (κ1) is 15.6. The van der Waals surface area contributed by atoms with Crippen LogP contribution in [-0.4, -0.2) is 27.5 Å². The SMILES string of the molecule is O=C(NC1(C(=O)O)CCCC1)c1cnc(-c2ccccc2F)s1. The summed E-state index contributed by atoms with van der Waals surface area (Å²) >= 11 is 1.05. The Morgan fingerprint density at radius 3 is 2.61 bits per heavy atom. The minimum absolute atomic E-state index is 0.274. The summed E-state index contributed by atoms with van der Waals surface area (Å²) in [7, 11) is 0. The topological polar surface area (TPSA) is 79.3 Å². The van der Waals surface area contributed by atoms with Gasteiger partial charge in [-0.2, -0.15) is 0 Å². The maximum Gasteiger partial charge on any atom is 0.329 e. The first-order valence-corrected chi connectivity index (χ1v) is 8.10. The van der Waals surface area contributed by atoms with Gasteiger partial charge in [-0.15, -0.1) is 11.3 Å². The molecule has 0 bridgehead atoms. The maximum atomic E-state index is 13.8. The number of halogens is 1. The minimum Gasteiger partial charge on any atom is -0.480 e. The van der Waals surface area contributed by atoms with Crippen LogP contribution in [0.25, 0.3) is 10.6 Å². The third-order valence-electron chi connectivity index (χ3n) is 4.05. The molecule has 5 nitrogen and oxygen atoms in total. The molecule has 2 N–H and O–H groups in total. The van der Waals surface area contributed by atoms with Crippen LogP contribution in [0.15, 0.2) is 30.5 Å². The average Bonchev–Trinajstić information content (AvgIpc) is 3.17. The summed E-state index contributed by atoms with van der Waals surface area (Å²) in [6.45, 7) is 0. The minimum atomic E-state index is -1.20. The Labute approximate surface area is 136 Å². The molecular weight excluding hydrogens is 319 g/mol. The molecule has 1 aromatic heterocycles. The normalized spacial score (nSPS) is 16.2. The second-order valence-corrected chi connectivity index (χ2v) is 6.59. The number of nitrogens with one attached hydrogen (secondary N) is 1. The van der Waals surface area contributed by atoms with Crippen molar-refractivity contribution in [1.29, 1.82) is 0 Å². The highest BCUT2D eigenvalue weighted by Gasteiger charge is 2.42. The van der Waals surface area contributed by atoms with Crippen molar-refractivity contribution in [1.82, 2.24) is 10.3 Å². The molecule has 2 aromatic rings. The van der Waals surface area contributed by atoms with Gasteiger partial charge in [0.25, 0.3) is 5.91 Å². The molecule has 1 aliphatic rings. The zero-order valence-corrected chi connectivity index (χ0v) is 13.0. The number of aromatic nitrogens is 1. The van der Waals surface area contributed by atoms with E-state index in [9.17, 15) is 19.1 Å². The lowest BCUT2D eigenvalue weighted by Crippen LogP contribution is -2.52. The number of carboxylic acid groups (broad SMARTS) is 1. The number of aliphatic carboxylic acids is 1. The van der Waals surface area contributed by atoms with Crippen molar-refractivity contribution in [3.8, 4) is 10.6 Å². The van der Waals surface area contributed by atoms with Gasteiger partial charge in [0.15, 0.2) is 0 Å². The van der Waals surface area contributed by atoms with Crippen LogP contribution in [0, 0.1) is 5.82 Å². The number of thiazole rings is 1. The Balaban J connectivity index is 1.82. The summed E-state index contributed by atoms with van der Waals surface area (Å²) in [6.07, 6.45) is 3.75. The van der Waals surface area contributed by atoms with Crippen LogP contribution in [0.3, 0.4) is 0 Å². The van der Waals surface area contributed by atoms with E-state index in [0.717, 1.165) is 24.2 Å². The number of nitrogens with zero attached hydrogens (tertiary/aromatic N) is 1. The third kappa shape index (κ3) is 2.96. The van der Waals surface area contributed by atoms with E-state index in [1.54, 1.807) is 18.2 Å². The lowest BCUT2D eigenvalue weighted by molar-refractivity contribution is -0.144. The molecule has 1 fully saturated rings. The van der Waals surface area contributed by atoms with Gasteiger partial charge >= 0.3 is 5.97 Å². The first-order chi connectivity index (χ1) is 11.0. The highest BCUT2D eigenvalue weighted by atomic mass is 32.1. The molecule has 0 aliphatic heterocycles. The summed E-state index contributed by atoms with van der Waals surface area (Å²) in [6, 6.07) is 6.19. The smallest absolute Gasteiger partial charge is 0.329 e. The predicted octanol–water partition coefficient (Wildman–Crippen LogP) is 3.08. The monoisotopic (exact) mass is 334 g/mol. The number of carbonyl (C=O) groups is 2. The second-order valence-electron chi connectivity index (χ2n) is 5.56. The van der Waals surface area contributed by atoms with Crippen molar-refractivity contribution >= 4 is 23.2 Å². The molecule has 0 radical (unpaired) electrons. The lowest BCUT2D eigenvalue weighted by Gasteiger charge is -2.24.